The number of nitrogens with one attached hydrogen (secondary N) is 2. The number of hydrogen-bond donors (Lipinski definition) is 2. The quantitative estimate of drug-likeness (QED) is 0.184. The molecule has 0 radical (unpaired) electrons. The Hall–Kier alpha value is -3.49. The van der Waals surface area contributed by atoms with Gasteiger partial charge in [-0.25, -0.2) is 5.43 Å². The molecule has 0 bridgehead atoms. The van der Waals surface area contributed by atoms with E-state index in [1.54, 1.807) is 31.3 Å². The van der Waals surface area contributed by atoms with E-state index in [-0.39, 0.29) is 5.91 Å². The maximum absolute atomic E-state index is 12.6. The van der Waals surface area contributed by atoms with E-state index in [4.69, 9.17) is 4.74 Å². The van der Waals surface area contributed by atoms with E-state index in [9.17, 15) is 9.59 Å². The minimum absolute atomic E-state index is 0.355. The summed E-state index contributed by atoms with van der Waals surface area (Å²) in [5.41, 5.74) is 4.74. The first kappa shape index (κ1) is 25.6. The zero-order valence-corrected chi connectivity index (χ0v) is 22.5. The first-order chi connectivity index (χ1) is 17.4. The molecular formula is C28H23Br2N3O3. The average molecular weight is 609 g/mol. The summed E-state index contributed by atoms with van der Waals surface area (Å²) in [7, 11) is 0. The van der Waals surface area contributed by atoms with Crippen molar-refractivity contribution in [1.82, 2.24) is 10.7 Å². The lowest BCUT2D eigenvalue weighted by molar-refractivity contribution is -0.122. The van der Waals surface area contributed by atoms with E-state index in [2.05, 4.69) is 47.7 Å². The number of benzene rings is 4. The number of rotatable bonds is 8. The smallest absolute Gasteiger partial charge is 0.262 e. The molecule has 0 fully saturated rings. The Bertz CT molecular complexity index is 1420. The summed E-state index contributed by atoms with van der Waals surface area (Å²) >= 11 is 6.79. The highest BCUT2D eigenvalue weighted by Gasteiger charge is 2.17. The fourth-order valence-electron chi connectivity index (χ4n) is 3.52. The van der Waals surface area contributed by atoms with Crippen molar-refractivity contribution in [2.24, 2.45) is 5.10 Å². The molecule has 0 aliphatic carbocycles. The molecule has 4 rings (SSSR count). The number of hydrazone groups is 1. The maximum atomic E-state index is 12.6. The van der Waals surface area contributed by atoms with Crippen molar-refractivity contribution in [2.75, 3.05) is 0 Å². The van der Waals surface area contributed by atoms with Gasteiger partial charge in [-0.15, -0.1) is 0 Å². The summed E-state index contributed by atoms with van der Waals surface area (Å²) in [4.78, 5) is 25.1. The second-order valence-corrected chi connectivity index (χ2v) is 9.79. The molecule has 4 aromatic carbocycles. The molecule has 0 spiro atoms. The van der Waals surface area contributed by atoms with Gasteiger partial charge in [0.15, 0.2) is 0 Å². The van der Waals surface area contributed by atoms with Crippen LogP contribution >= 0.6 is 31.9 Å². The Kier molecular flexibility index (Phi) is 8.51. The fraction of sp³-hybridized carbons (Fsp3) is 0.107. The SMILES string of the molecule is CC(NC(=O)c1ccccc1Br)C(=O)NN=Cc1c(OCc2ccc(Br)cc2)ccc2ccccc12. The molecule has 1 unspecified atom stereocenters. The lowest BCUT2D eigenvalue weighted by Crippen LogP contribution is -2.43. The predicted molar refractivity (Wildman–Crippen MR) is 149 cm³/mol. The van der Waals surface area contributed by atoms with Gasteiger partial charge in [0.2, 0.25) is 0 Å². The number of ether oxygens (including phenoxy) is 1. The zero-order chi connectivity index (χ0) is 25.5. The molecule has 2 N–H and O–H groups in total. The monoisotopic (exact) mass is 607 g/mol. The predicted octanol–water partition coefficient (Wildman–Crippen LogP) is 6.21. The molecule has 182 valence electrons. The van der Waals surface area contributed by atoms with Gasteiger partial charge in [-0.05, 0) is 69.5 Å². The average Bonchev–Trinajstić information content (AvgIpc) is 2.89. The molecule has 36 heavy (non-hydrogen) atoms. The van der Waals surface area contributed by atoms with Crippen LogP contribution in [0.15, 0.2) is 99.0 Å². The summed E-state index contributed by atoms with van der Waals surface area (Å²) < 4.78 is 7.76. The van der Waals surface area contributed by atoms with Crippen molar-refractivity contribution in [1.29, 1.82) is 0 Å². The number of nitrogens with zero attached hydrogens (tertiary/aromatic N) is 1. The number of amides is 2. The van der Waals surface area contributed by atoms with Gasteiger partial charge >= 0.3 is 0 Å². The Morgan fingerprint density at radius 1 is 0.944 bits per heavy atom. The van der Waals surface area contributed by atoms with E-state index < -0.39 is 11.9 Å². The summed E-state index contributed by atoms with van der Waals surface area (Å²) in [6.45, 7) is 1.99. The summed E-state index contributed by atoms with van der Waals surface area (Å²) in [5, 5.41) is 8.82. The van der Waals surface area contributed by atoms with E-state index in [1.165, 1.54) is 0 Å². The minimum atomic E-state index is -0.789. The van der Waals surface area contributed by atoms with Crippen LogP contribution in [0.2, 0.25) is 0 Å². The molecular weight excluding hydrogens is 586 g/mol. The van der Waals surface area contributed by atoms with Crippen molar-refractivity contribution in [3.63, 3.8) is 0 Å². The Labute approximate surface area is 226 Å². The van der Waals surface area contributed by atoms with Crippen LogP contribution < -0.4 is 15.5 Å². The van der Waals surface area contributed by atoms with Crippen molar-refractivity contribution in [3.8, 4) is 5.75 Å². The van der Waals surface area contributed by atoms with Crippen LogP contribution in [0.1, 0.15) is 28.4 Å². The van der Waals surface area contributed by atoms with Crippen molar-refractivity contribution < 1.29 is 14.3 Å². The van der Waals surface area contributed by atoms with Crippen LogP contribution in [-0.2, 0) is 11.4 Å². The molecule has 1 atom stereocenters. The second kappa shape index (κ2) is 12.0. The second-order valence-electron chi connectivity index (χ2n) is 8.02. The zero-order valence-electron chi connectivity index (χ0n) is 19.4. The van der Waals surface area contributed by atoms with Crippen molar-refractivity contribution in [3.05, 3.63) is 111 Å². The van der Waals surface area contributed by atoms with E-state index in [0.717, 1.165) is 26.4 Å². The van der Waals surface area contributed by atoms with Gasteiger partial charge in [-0.1, -0.05) is 70.5 Å². The van der Waals surface area contributed by atoms with Crippen molar-refractivity contribution in [2.45, 2.75) is 19.6 Å². The van der Waals surface area contributed by atoms with Crippen LogP contribution in [0.4, 0.5) is 0 Å². The molecule has 0 heterocycles. The molecule has 4 aromatic rings. The topological polar surface area (TPSA) is 79.8 Å². The van der Waals surface area contributed by atoms with Gasteiger partial charge in [-0.3, -0.25) is 9.59 Å². The van der Waals surface area contributed by atoms with Crippen LogP contribution in [0.3, 0.4) is 0 Å². The molecule has 6 nitrogen and oxygen atoms in total. The number of hydrogen-bond acceptors (Lipinski definition) is 4. The van der Waals surface area contributed by atoms with Gasteiger partial charge in [0.05, 0.1) is 11.8 Å². The minimum Gasteiger partial charge on any atom is -0.488 e. The molecule has 0 aliphatic rings. The van der Waals surface area contributed by atoms with Gasteiger partial charge in [-0.2, -0.15) is 5.10 Å². The van der Waals surface area contributed by atoms with Gasteiger partial charge in [0.1, 0.15) is 18.4 Å². The molecule has 0 aliphatic heterocycles. The highest BCUT2D eigenvalue weighted by Crippen LogP contribution is 2.27. The van der Waals surface area contributed by atoms with Gasteiger partial charge < -0.3 is 10.1 Å². The summed E-state index contributed by atoms with van der Waals surface area (Å²) in [5.74, 6) is -0.152. The van der Waals surface area contributed by atoms with Crippen LogP contribution in [0.5, 0.6) is 5.75 Å². The Balaban J connectivity index is 1.47. The largest absolute Gasteiger partial charge is 0.488 e. The summed E-state index contributed by atoms with van der Waals surface area (Å²) in [6, 6.07) is 25.9. The third-order valence-electron chi connectivity index (χ3n) is 5.47. The number of fused-ring (bicyclic) bond motifs is 1. The third kappa shape index (κ3) is 6.38. The molecule has 2 amide bonds. The molecule has 0 saturated carbocycles. The lowest BCUT2D eigenvalue weighted by Gasteiger charge is -2.14. The van der Waals surface area contributed by atoms with Crippen molar-refractivity contribution >= 4 is 60.7 Å². The molecule has 0 aromatic heterocycles. The highest BCUT2D eigenvalue weighted by molar-refractivity contribution is 9.10. The maximum Gasteiger partial charge on any atom is 0.262 e. The third-order valence-corrected chi connectivity index (χ3v) is 6.69. The number of carbonyl (C=O) groups excluding carboxylic acids is 2. The highest BCUT2D eigenvalue weighted by atomic mass is 79.9. The van der Waals surface area contributed by atoms with Crippen LogP contribution in [-0.4, -0.2) is 24.1 Å². The summed E-state index contributed by atoms with van der Waals surface area (Å²) in [6.07, 6.45) is 1.57. The van der Waals surface area contributed by atoms with E-state index >= 15 is 0 Å². The van der Waals surface area contributed by atoms with Crippen LogP contribution in [0, 0.1) is 0 Å². The molecule has 0 saturated heterocycles. The Morgan fingerprint density at radius 3 is 2.44 bits per heavy atom. The Morgan fingerprint density at radius 2 is 1.67 bits per heavy atom. The fourth-order valence-corrected chi connectivity index (χ4v) is 4.25. The molecule has 8 heteroatoms. The normalized spacial score (nSPS) is 11.9. The lowest BCUT2D eigenvalue weighted by atomic mass is 10.0. The number of halogens is 2. The first-order valence-corrected chi connectivity index (χ1v) is 12.8. The van der Waals surface area contributed by atoms with E-state index in [1.807, 2.05) is 66.7 Å². The van der Waals surface area contributed by atoms with Crippen LogP contribution in [0.25, 0.3) is 10.8 Å². The van der Waals surface area contributed by atoms with Gasteiger partial charge in [0.25, 0.3) is 11.8 Å². The number of carbonyl (C=O) groups is 2. The first-order valence-electron chi connectivity index (χ1n) is 11.2. The standard InChI is InChI=1S/C28H23Br2N3O3/c1-18(32-28(35)23-8-4-5-9-25(23)30)27(34)33-31-16-24-22-7-3-2-6-20(22)12-15-26(24)36-17-19-10-13-21(29)14-11-19/h2-16,18H,17H2,1H3,(H,32,35)(H,33,34). The van der Waals surface area contributed by atoms with E-state index in [0.29, 0.717) is 22.4 Å². The van der Waals surface area contributed by atoms with Gasteiger partial charge in [0, 0.05) is 14.5 Å².